The molecule has 2 rings (SSSR count). The zero-order valence-corrected chi connectivity index (χ0v) is 12.6. The van der Waals surface area contributed by atoms with E-state index in [1.807, 2.05) is 45.0 Å². The van der Waals surface area contributed by atoms with Crippen LogP contribution < -0.4 is 10.6 Å². The van der Waals surface area contributed by atoms with Gasteiger partial charge < -0.3 is 10.1 Å². The van der Waals surface area contributed by atoms with E-state index in [9.17, 15) is 4.79 Å². The molecule has 0 bridgehead atoms. The molecule has 0 radical (unpaired) electrons. The molecule has 0 saturated carbocycles. The minimum absolute atomic E-state index is 0.00895. The van der Waals surface area contributed by atoms with Gasteiger partial charge in [0, 0.05) is 24.7 Å². The molecular weight excluding hydrogens is 266 g/mol. The van der Waals surface area contributed by atoms with E-state index in [-0.39, 0.29) is 11.8 Å². The molecule has 1 heterocycles. The van der Waals surface area contributed by atoms with Gasteiger partial charge in [0.15, 0.2) is 0 Å². The zero-order valence-electron chi connectivity index (χ0n) is 12.6. The van der Waals surface area contributed by atoms with E-state index >= 15 is 0 Å². The predicted molar refractivity (Wildman–Crippen MR) is 81.0 cm³/mol. The molecule has 2 atom stereocenters. The maximum atomic E-state index is 11.7. The fraction of sp³-hybridized carbons (Fsp3) is 0.500. The molecule has 5 nitrogen and oxygen atoms in total. The van der Waals surface area contributed by atoms with Gasteiger partial charge >= 0.3 is 6.09 Å². The van der Waals surface area contributed by atoms with E-state index in [1.165, 1.54) is 0 Å². The SMILES string of the molecule is CC(C)(C)OC(=O)Nc1ccc(C2CNCC2C#N)cc1. The van der Waals surface area contributed by atoms with Crippen LogP contribution in [0.3, 0.4) is 0 Å². The third kappa shape index (κ3) is 4.20. The Morgan fingerprint density at radius 3 is 2.57 bits per heavy atom. The van der Waals surface area contributed by atoms with Crippen molar-refractivity contribution in [1.82, 2.24) is 5.32 Å². The summed E-state index contributed by atoms with van der Waals surface area (Å²) in [5.74, 6) is 0.222. The number of carbonyl (C=O) groups is 1. The van der Waals surface area contributed by atoms with Crippen molar-refractivity contribution >= 4 is 11.8 Å². The van der Waals surface area contributed by atoms with E-state index < -0.39 is 11.7 Å². The molecule has 5 heteroatoms. The second-order valence-electron chi connectivity index (χ2n) is 6.25. The van der Waals surface area contributed by atoms with E-state index in [0.717, 1.165) is 18.7 Å². The molecule has 1 aromatic rings. The normalized spacial score (nSPS) is 21.6. The number of benzene rings is 1. The number of hydrogen-bond donors (Lipinski definition) is 2. The summed E-state index contributed by atoms with van der Waals surface area (Å²) in [6.07, 6.45) is -0.465. The van der Waals surface area contributed by atoms with Gasteiger partial charge in [0.05, 0.1) is 12.0 Å². The fourth-order valence-electron chi connectivity index (χ4n) is 2.40. The molecule has 0 aliphatic carbocycles. The van der Waals surface area contributed by atoms with Gasteiger partial charge in [0.25, 0.3) is 0 Å². The molecular formula is C16H21N3O2. The van der Waals surface area contributed by atoms with Crippen LogP contribution in [0.15, 0.2) is 24.3 Å². The van der Waals surface area contributed by atoms with Crippen LogP contribution in [0.1, 0.15) is 32.3 Å². The number of rotatable bonds is 2. The first-order valence-corrected chi connectivity index (χ1v) is 7.09. The summed E-state index contributed by atoms with van der Waals surface area (Å²) in [6, 6.07) is 9.92. The number of ether oxygens (including phenoxy) is 1. The molecule has 1 amide bonds. The monoisotopic (exact) mass is 287 g/mol. The van der Waals surface area contributed by atoms with Crippen molar-refractivity contribution in [2.24, 2.45) is 5.92 Å². The minimum Gasteiger partial charge on any atom is -0.444 e. The van der Waals surface area contributed by atoms with Crippen LogP contribution in [0.4, 0.5) is 10.5 Å². The Hall–Kier alpha value is -2.06. The van der Waals surface area contributed by atoms with Gasteiger partial charge in [0.1, 0.15) is 5.60 Å². The molecule has 1 aliphatic heterocycles. The number of anilines is 1. The molecule has 1 fully saturated rings. The minimum atomic E-state index is -0.514. The van der Waals surface area contributed by atoms with Crippen LogP contribution in [0.25, 0.3) is 0 Å². The van der Waals surface area contributed by atoms with Crippen molar-refractivity contribution in [2.75, 3.05) is 18.4 Å². The van der Waals surface area contributed by atoms with E-state index in [0.29, 0.717) is 5.69 Å². The summed E-state index contributed by atoms with van der Waals surface area (Å²) in [5.41, 5.74) is 1.29. The van der Waals surface area contributed by atoms with Crippen LogP contribution in [0.2, 0.25) is 0 Å². The second-order valence-corrected chi connectivity index (χ2v) is 6.25. The quantitative estimate of drug-likeness (QED) is 0.877. The lowest BCUT2D eigenvalue weighted by atomic mass is 9.90. The lowest BCUT2D eigenvalue weighted by Gasteiger charge is -2.20. The Balaban J connectivity index is 1.99. The Kier molecular flexibility index (Phi) is 4.49. The van der Waals surface area contributed by atoms with Crippen LogP contribution in [-0.4, -0.2) is 24.8 Å². The highest BCUT2D eigenvalue weighted by Gasteiger charge is 2.28. The third-order valence-corrected chi connectivity index (χ3v) is 3.36. The van der Waals surface area contributed by atoms with Gasteiger partial charge in [-0.1, -0.05) is 12.1 Å². The topological polar surface area (TPSA) is 74.2 Å². The maximum Gasteiger partial charge on any atom is 0.412 e. The molecule has 1 saturated heterocycles. The van der Waals surface area contributed by atoms with E-state index in [4.69, 9.17) is 10.00 Å². The first-order chi connectivity index (χ1) is 9.89. The number of carbonyl (C=O) groups excluding carboxylic acids is 1. The van der Waals surface area contributed by atoms with Crippen LogP contribution in [0, 0.1) is 17.2 Å². The Morgan fingerprint density at radius 2 is 2.00 bits per heavy atom. The predicted octanol–water partition coefficient (Wildman–Crippen LogP) is 2.86. The summed E-state index contributed by atoms with van der Waals surface area (Å²) in [5, 5.41) is 15.0. The number of nitrogens with zero attached hydrogens (tertiary/aromatic N) is 1. The van der Waals surface area contributed by atoms with Crippen LogP contribution in [0.5, 0.6) is 0 Å². The highest BCUT2D eigenvalue weighted by molar-refractivity contribution is 5.84. The van der Waals surface area contributed by atoms with Gasteiger partial charge in [-0.05, 0) is 38.5 Å². The smallest absolute Gasteiger partial charge is 0.412 e. The van der Waals surface area contributed by atoms with Crippen molar-refractivity contribution in [1.29, 1.82) is 5.26 Å². The summed E-state index contributed by atoms with van der Waals surface area (Å²) < 4.78 is 5.20. The fourth-order valence-corrected chi connectivity index (χ4v) is 2.40. The average molecular weight is 287 g/mol. The van der Waals surface area contributed by atoms with Crippen LogP contribution in [-0.2, 0) is 4.74 Å². The molecule has 1 aliphatic rings. The third-order valence-electron chi connectivity index (χ3n) is 3.36. The van der Waals surface area contributed by atoms with E-state index in [1.54, 1.807) is 0 Å². The van der Waals surface area contributed by atoms with Gasteiger partial charge in [-0.2, -0.15) is 5.26 Å². The first-order valence-electron chi connectivity index (χ1n) is 7.09. The highest BCUT2D eigenvalue weighted by atomic mass is 16.6. The summed E-state index contributed by atoms with van der Waals surface area (Å²) in [4.78, 5) is 11.7. The van der Waals surface area contributed by atoms with Gasteiger partial charge in [-0.15, -0.1) is 0 Å². The van der Waals surface area contributed by atoms with E-state index in [2.05, 4.69) is 16.7 Å². The van der Waals surface area contributed by atoms with Gasteiger partial charge in [-0.25, -0.2) is 4.79 Å². The first kappa shape index (κ1) is 15.3. The lowest BCUT2D eigenvalue weighted by molar-refractivity contribution is 0.0636. The van der Waals surface area contributed by atoms with Crippen molar-refractivity contribution in [2.45, 2.75) is 32.3 Å². The van der Waals surface area contributed by atoms with Crippen LogP contribution >= 0.6 is 0 Å². The molecule has 0 aromatic heterocycles. The summed E-state index contributed by atoms with van der Waals surface area (Å²) in [7, 11) is 0. The van der Waals surface area contributed by atoms with Crippen molar-refractivity contribution in [3.8, 4) is 6.07 Å². The second kappa shape index (κ2) is 6.15. The largest absolute Gasteiger partial charge is 0.444 e. The van der Waals surface area contributed by atoms with Gasteiger partial charge in [-0.3, -0.25) is 5.32 Å². The summed E-state index contributed by atoms with van der Waals surface area (Å²) >= 11 is 0. The van der Waals surface area contributed by atoms with Crippen molar-refractivity contribution in [3.05, 3.63) is 29.8 Å². The van der Waals surface area contributed by atoms with Crippen molar-refractivity contribution in [3.63, 3.8) is 0 Å². The molecule has 21 heavy (non-hydrogen) atoms. The van der Waals surface area contributed by atoms with Gasteiger partial charge in [0.2, 0.25) is 0 Å². The Bertz CT molecular complexity index is 540. The molecule has 2 unspecified atom stereocenters. The summed E-state index contributed by atoms with van der Waals surface area (Å²) in [6.45, 7) is 7.02. The van der Waals surface area contributed by atoms with Crippen molar-refractivity contribution < 1.29 is 9.53 Å². The maximum absolute atomic E-state index is 11.7. The zero-order chi connectivity index (χ0) is 15.5. The lowest BCUT2D eigenvalue weighted by Crippen LogP contribution is -2.27. The molecule has 2 N–H and O–H groups in total. The molecule has 0 spiro atoms. The number of amides is 1. The number of nitriles is 1. The highest BCUT2D eigenvalue weighted by Crippen LogP contribution is 2.28. The molecule has 1 aromatic carbocycles. The Labute approximate surface area is 125 Å². The average Bonchev–Trinajstić information content (AvgIpc) is 2.85. The number of hydrogen-bond acceptors (Lipinski definition) is 4. The standard InChI is InChI=1S/C16H21N3O2/c1-16(2,3)21-15(20)19-13-6-4-11(5-7-13)14-10-18-9-12(14)8-17/h4-7,12,14,18H,9-10H2,1-3H3,(H,19,20). The Morgan fingerprint density at radius 1 is 1.33 bits per heavy atom. The molecule has 112 valence electrons. The number of nitrogens with one attached hydrogen (secondary N) is 2.